The number of aryl methyl sites for hydroxylation is 1. The lowest BCUT2D eigenvalue weighted by molar-refractivity contribution is 0.100. The summed E-state index contributed by atoms with van der Waals surface area (Å²) in [7, 11) is 0. The van der Waals surface area contributed by atoms with E-state index >= 15 is 0 Å². The Bertz CT molecular complexity index is 710. The predicted octanol–water partition coefficient (Wildman–Crippen LogP) is 1.21. The maximum atomic E-state index is 11.5. The second kappa shape index (κ2) is 5.67. The molecule has 0 unspecified atom stereocenters. The first-order chi connectivity index (χ1) is 9.61. The first-order valence-electron chi connectivity index (χ1n) is 5.75. The fourth-order valence-corrected chi connectivity index (χ4v) is 1.70. The molecule has 1 heterocycles. The van der Waals surface area contributed by atoms with Crippen LogP contribution < -0.4 is 11.1 Å². The second-order valence-corrected chi connectivity index (χ2v) is 3.98. The molecule has 1 amide bonds. The molecule has 7 nitrogen and oxygen atoms in total. The number of amides is 1. The number of carbonyl (C=O) groups excluding carboxylic acids is 1. The maximum Gasteiger partial charge on any atom is 0.250 e. The van der Waals surface area contributed by atoms with Crippen molar-refractivity contribution >= 4 is 17.9 Å². The summed E-state index contributed by atoms with van der Waals surface area (Å²) in [6, 6.07) is 5.05. The molecule has 7 heteroatoms. The van der Waals surface area contributed by atoms with Gasteiger partial charge in [0.2, 0.25) is 0 Å². The van der Waals surface area contributed by atoms with Gasteiger partial charge in [-0.15, -0.1) is 0 Å². The van der Waals surface area contributed by atoms with Crippen LogP contribution in [0.3, 0.4) is 0 Å². The van der Waals surface area contributed by atoms with E-state index in [9.17, 15) is 4.79 Å². The molecule has 0 aliphatic rings. The third-order valence-corrected chi connectivity index (χ3v) is 2.60. The Hall–Kier alpha value is -3.14. The normalized spacial score (nSPS) is 10.4. The zero-order chi connectivity index (χ0) is 14.5. The molecule has 0 saturated carbocycles. The van der Waals surface area contributed by atoms with Gasteiger partial charge in [-0.2, -0.15) is 5.26 Å². The lowest BCUT2D eigenvalue weighted by Gasteiger charge is -2.04. The number of aromatic nitrogens is 2. The van der Waals surface area contributed by atoms with Crippen LogP contribution in [0, 0.1) is 18.4 Å². The predicted molar refractivity (Wildman–Crippen MR) is 74.2 cm³/mol. The highest BCUT2D eigenvalue weighted by molar-refractivity contribution is 5.99. The average Bonchev–Trinajstić information content (AvgIpc) is 2.86. The van der Waals surface area contributed by atoms with Crippen molar-refractivity contribution in [3.63, 3.8) is 0 Å². The molecule has 2 aromatic rings. The van der Waals surface area contributed by atoms with Gasteiger partial charge in [0.15, 0.2) is 6.19 Å². The molecular weight excluding hydrogens is 256 g/mol. The molecular formula is C13H12N6O. The SMILES string of the molecule is Cc1nc(-c2ccc(/N=C/NC#N)c(C(N)=O)c2)c[nH]1. The van der Waals surface area contributed by atoms with Crippen LogP contribution in [-0.2, 0) is 0 Å². The van der Waals surface area contributed by atoms with E-state index in [1.807, 2.05) is 6.92 Å². The Labute approximate surface area is 115 Å². The van der Waals surface area contributed by atoms with Crippen LogP contribution in [0.5, 0.6) is 0 Å². The number of aliphatic imine (C=N–C) groups is 1. The molecule has 2 rings (SSSR count). The minimum absolute atomic E-state index is 0.263. The lowest BCUT2D eigenvalue weighted by atomic mass is 10.1. The van der Waals surface area contributed by atoms with Gasteiger partial charge >= 0.3 is 0 Å². The minimum atomic E-state index is -0.594. The number of aromatic amines is 1. The van der Waals surface area contributed by atoms with Crippen molar-refractivity contribution in [1.82, 2.24) is 15.3 Å². The van der Waals surface area contributed by atoms with Gasteiger partial charge in [0, 0.05) is 11.8 Å². The van der Waals surface area contributed by atoms with Crippen LogP contribution in [-0.4, -0.2) is 22.2 Å². The quantitative estimate of drug-likeness (QED) is 0.334. The molecule has 0 spiro atoms. The maximum absolute atomic E-state index is 11.5. The third-order valence-electron chi connectivity index (χ3n) is 2.60. The Kier molecular flexibility index (Phi) is 3.77. The minimum Gasteiger partial charge on any atom is -0.366 e. The number of nitrogens with two attached hydrogens (primary N) is 1. The summed E-state index contributed by atoms with van der Waals surface area (Å²) in [5.74, 6) is 0.184. The summed E-state index contributed by atoms with van der Waals surface area (Å²) in [5, 5.41) is 10.6. The zero-order valence-electron chi connectivity index (χ0n) is 10.7. The Morgan fingerprint density at radius 3 is 3.00 bits per heavy atom. The summed E-state index contributed by atoms with van der Waals surface area (Å²) in [5.41, 5.74) is 7.47. The van der Waals surface area contributed by atoms with Gasteiger partial charge < -0.3 is 10.7 Å². The molecule has 0 aliphatic heterocycles. The number of imidazole rings is 1. The van der Waals surface area contributed by atoms with E-state index in [2.05, 4.69) is 20.3 Å². The standard InChI is InChI=1S/C13H12N6O/c1-8-17-5-12(19-8)9-2-3-11(18-7-16-6-14)10(4-9)13(15)20/h2-5,7H,1H3,(H2,15,20)(H,16,18)(H,17,19). The lowest BCUT2D eigenvalue weighted by Crippen LogP contribution is -2.11. The number of nitrogens with zero attached hydrogens (tertiary/aromatic N) is 3. The number of nitrogens with one attached hydrogen (secondary N) is 2. The van der Waals surface area contributed by atoms with Gasteiger partial charge in [-0.25, -0.2) is 9.98 Å². The Balaban J connectivity index is 2.43. The summed E-state index contributed by atoms with van der Waals surface area (Å²) in [6.45, 7) is 1.84. The van der Waals surface area contributed by atoms with Crippen molar-refractivity contribution < 1.29 is 4.79 Å². The molecule has 0 atom stereocenters. The number of benzene rings is 1. The largest absolute Gasteiger partial charge is 0.366 e. The first kappa shape index (κ1) is 13.3. The van der Waals surface area contributed by atoms with Crippen molar-refractivity contribution in [2.75, 3.05) is 0 Å². The highest BCUT2D eigenvalue weighted by Gasteiger charge is 2.10. The van der Waals surface area contributed by atoms with E-state index < -0.39 is 5.91 Å². The summed E-state index contributed by atoms with van der Waals surface area (Å²) < 4.78 is 0. The third kappa shape index (κ3) is 2.81. The van der Waals surface area contributed by atoms with Crippen molar-refractivity contribution in [3.8, 4) is 17.5 Å². The Morgan fingerprint density at radius 2 is 2.40 bits per heavy atom. The van der Waals surface area contributed by atoms with Crippen LogP contribution in [0.4, 0.5) is 5.69 Å². The highest BCUT2D eigenvalue weighted by Crippen LogP contribution is 2.25. The molecule has 100 valence electrons. The monoisotopic (exact) mass is 268 g/mol. The van der Waals surface area contributed by atoms with E-state index in [-0.39, 0.29) is 5.56 Å². The molecule has 1 aromatic heterocycles. The van der Waals surface area contributed by atoms with E-state index in [1.54, 1.807) is 30.6 Å². The number of hydrogen-bond donors (Lipinski definition) is 3. The van der Waals surface area contributed by atoms with Gasteiger partial charge in [-0.05, 0) is 19.1 Å². The smallest absolute Gasteiger partial charge is 0.250 e. The molecule has 4 N–H and O–H groups in total. The topological polar surface area (TPSA) is 120 Å². The van der Waals surface area contributed by atoms with Gasteiger partial charge in [0.1, 0.15) is 12.2 Å². The molecule has 20 heavy (non-hydrogen) atoms. The Morgan fingerprint density at radius 1 is 1.60 bits per heavy atom. The van der Waals surface area contributed by atoms with Crippen molar-refractivity contribution in [1.29, 1.82) is 5.26 Å². The number of nitriles is 1. The number of rotatable bonds is 4. The fourth-order valence-electron chi connectivity index (χ4n) is 1.70. The highest BCUT2D eigenvalue weighted by atomic mass is 16.1. The summed E-state index contributed by atoms with van der Waals surface area (Å²) >= 11 is 0. The van der Waals surface area contributed by atoms with Gasteiger partial charge in [-0.1, -0.05) is 6.07 Å². The summed E-state index contributed by atoms with van der Waals surface area (Å²) in [4.78, 5) is 22.7. The second-order valence-electron chi connectivity index (χ2n) is 3.98. The number of hydrogen-bond acceptors (Lipinski definition) is 4. The van der Waals surface area contributed by atoms with Crippen LogP contribution in [0.25, 0.3) is 11.3 Å². The first-order valence-corrected chi connectivity index (χ1v) is 5.75. The van der Waals surface area contributed by atoms with E-state index in [1.165, 1.54) is 6.34 Å². The molecule has 0 aliphatic carbocycles. The van der Waals surface area contributed by atoms with Crippen molar-refractivity contribution in [3.05, 3.63) is 35.8 Å². The number of primary amides is 1. The zero-order valence-corrected chi connectivity index (χ0v) is 10.7. The van der Waals surface area contributed by atoms with E-state index in [4.69, 9.17) is 11.0 Å². The van der Waals surface area contributed by atoms with Gasteiger partial charge in [0.05, 0.1) is 16.9 Å². The molecule has 0 saturated heterocycles. The van der Waals surface area contributed by atoms with Gasteiger partial charge in [0.25, 0.3) is 5.91 Å². The van der Waals surface area contributed by atoms with Crippen LogP contribution >= 0.6 is 0 Å². The van der Waals surface area contributed by atoms with Crippen LogP contribution in [0.1, 0.15) is 16.2 Å². The van der Waals surface area contributed by atoms with Crippen molar-refractivity contribution in [2.24, 2.45) is 10.7 Å². The van der Waals surface area contributed by atoms with E-state index in [0.717, 1.165) is 17.1 Å². The molecule has 0 radical (unpaired) electrons. The van der Waals surface area contributed by atoms with Crippen LogP contribution in [0.2, 0.25) is 0 Å². The number of H-pyrrole nitrogens is 1. The van der Waals surface area contributed by atoms with Crippen LogP contribution in [0.15, 0.2) is 29.4 Å². The number of carbonyl (C=O) groups is 1. The summed E-state index contributed by atoms with van der Waals surface area (Å²) in [6.07, 6.45) is 4.64. The van der Waals surface area contributed by atoms with Gasteiger partial charge in [-0.3, -0.25) is 10.1 Å². The van der Waals surface area contributed by atoms with Crippen molar-refractivity contribution in [2.45, 2.75) is 6.92 Å². The molecule has 0 fully saturated rings. The average molecular weight is 268 g/mol. The molecule has 1 aromatic carbocycles. The fraction of sp³-hybridized carbons (Fsp3) is 0.0769. The van der Waals surface area contributed by atoms with E-state index in [0.29, 0.717) is 5.69 Å². The molecule has 0 bridgehead atoms.